The molecule has 1 amide bonds. The first-order valence-corrected chi connectivity index (χ1v) is 12.0. The van der Waals surface area contributed by atoms with E-state index < -0.39 is 10.0 Å². The van der Waals surface area contributed by atoms with Gasteiger partial charge in [0.05, 0.1) is 17.1 Å². The van der Waals surface area contributed by atoms with E-state index in [1.54, 1.807) is 37.4 Å². The quantitative estimate of drug-likeness (QED) is 0.560. The molecule has 1 heterocycles. The lowest BCUT2D eigenvalue weighted by atomic mass is 10.2. The van der Waals surface area contributed by atoms with E-state index in [4.69, 9.17) is 9.47 Å². The first kappa shape index (κ1) is 22.7. The van der Waals surface area contributed by atoms with Gasteiger partial charge in [0.1, 0.15) is 12.4 Å². The summed E-state index contributed by atoms with van der Waals surface area (Å²) in [6.07, 6.45) is 2.83. The van der Waals surface area contributed by atoms with Crippen LogP contribution < -0.4 is 10.1 Å². The number of nitrogens with one attached hydrogen (secondary N) is 1. The first-order chi connectivity index (χ1) is 14.4. The molecule has 1 aliphatic rings. The number of anilines is 1. The number of halogens is 1. The van der Waals surface area contributed by atoms with Gasteiger partial charge in [-0.3, -0.25) is 4.79 Å². The zero-order valence-corrected chi connectivity index (χ0v) is 19.2. The molecule has 0 spiro atoms. The zero-order valence-electron chi connectivity index (χ0n) is 16.8. The summed E-state index contributed by atoms with van der Waals surface area (Å²) >= 11 is 3.37. The SMILES string of the molecule is COCCOc1ccc(Br)cc1C(=O)Nc1ccc(S(=O)(=O)N2CCCCC2)cc1. The molecule has 0 bridgehead atoms. The number of benzene rings is 2. The molecule has 0 atom stereocenters. The Labute approximate surface area is 185 Å². The van der Waals surface area contributed by atoms with Crippen LogP contribution in [-0.2, 0) is 14.8 Å². The second-order valence-electron chi connectivity index (χ2n) is 6.92. The fourth-order valence-electron chi connectivity index (χ4n) is 3.20. The Morgan fingerprint density at radius 2 is 1.77 bits per heavy atom. The average Bonchev–Trinajstić information content (AvgIpc) is 2.76. The van der Waals surface area contributed by atoms with Gasteiger partial charge < -0.3 is 14.8 Å². The van der Waals surface area contributed by atoms with Crippen molar-refractivity contribution in [3.8, 4) is 5.75 Å². The van der Waals surface area contributed by atoms with E-state index in [-0.39, 0.29) is 10.8 Å². The average molecular weight is 497 g/mol. The smallest absolute Gasteiger partial charge is 0.259 e. The number of carbonyl (C=O) groups is 1. The van der Waals surface area contributed by atoms with Crippen molar-refractivity contribution in [2.75, 3.05) is 38.7 Å². The summed E-state index contributed by atoms with van der Waals surface area (Å²) < 4.78 is 38.4. The van der Waals surface area contributed by atoms with Gasteiger partial charge in [-0.2, -0.15) is 4.31 Å². The molecule has 1 fully saturated rings. The molecular weight excluding hydrogens is 472 g/mol. The highest BCUT2D eigenvalue weighted by atomic mass is 79.9. The highest BCUT2D eigenvalue weighted by molar-refractivity contribution is 9.10. The lowest BCUT2D eigenvalue weighted by Gasteiger charge is -2.25. The summed E-state index contributed by atoms with van der Waals surface area (Å²) in [5, 5.41) is 2.80. The van der Waals surface area contributed by atoms with E-state index in [9.17, 15) is 13.2 Å². The van der Waals surface area contributed by atoms with Gasteiger partial charge in [0.15, 0.2) is 0 Å². The van der Waals surface area contributed by atoms with Crippen LogP contribution in [0.3, 0.4) is 0 Å². The van der Waals surface area contributed by atoms with Gasteiger partial charge >= 0.3 is 0 Å². The Hall–Kier alpha value is -1.94. The highest BCUT2D eigenvalue weighted by Gasteiger charge is 2.25. The van der Waals surface area contributed by atoms with Crippen molar-refractivity contribution in [2.24, 2.45) is 0 Å². The van der Waals surface area contributed by atoms with E-state index in [1.807, 2.05) is 0 Å². The van der Waals surface area contributed by atoms with Crippen LogP contribution in [0.25, 0.3) is 0 Å². The lowest BCUT2D eigenvalue weighted by Crippen LogP contribution is -2.35. The predicted octanol–water partition coefficient (Wildman–Crippen LogP) is 3.90. The summed E-state index contributed by atoms with van der Waals surface area (Å²) in [5.74, 6) is 0.0902. The number of ether oxygens (including phenoxy) is 2. The Morgan fingerprint density at radius 3 is 2.43 bits per heavy atom. The highest BCUT2D eigenvalue weighted by Crippen LogP contribution is 2.26. The summed E-state index contributed by atoms with van der Waals surface area (Å²) in [5.41, 5.74) is 0.867. The molecule has 30 heavy (non-hydrogen) atoms. The topological polar surface area (TPSA) is 84.9 Å². The second-order valence-corrected chi connectivity index (χ2v) is 9.78. The maximum absolute atomic E-state index is 12.8. The van der Waals surface area contributed by atoms with Crippen molar-refractivity contribution in [2.45, 2.75) is 24.2 Å². The molecule has 2 aromatic rings. The number of hydrogen-bond donors (Lipinski definition) is 1. The Balaban J connectivity index is 1.72. The van der Waals surface area contributed by atoms with Gasteiger partial charge in [-0.05, 0) is 55.3 Å². The number of piperidine rings is 1. The summed E-state index contributed by atoms with van der Waals surface area (Å²) in [6.45, 7) is 1.83. The maximum atomic E-state index is 12.8. The first-order valence-electron chi connectivity index (χ1n) is 9.74. The molecule has 0 aromatic heterocycles. The van der Waals surface area contributed by atoms with E-state index in [1.165, 1.54) is 16.4 Å². The summed E-state index contributed by atoms with van der Waals surface area (Å²) in [7, 11) is -1.92. The maximum Gasteiger partial charge on any atom is 0.259 e. The molecule has 0 radical (unpaired) electrons. The monoisotopic (exact) mass is 496 g/mol. The number of rotatable bonds is 8. The molecule has 0 saturated carbocycles. The lowest BCUT2D eigenvalue weighted by molar-refractivity contribution is 0.101. The molecule has 2 aromatic carbocycles. The second kappa shape index (κ2) is 10.4. The largest absolute Gasteiger partial charge is 0.490 e. The van der Waals surface area contributed by atoms with Crippen molar-refractivity contribution < 1.29 is 22.7 Å². The molecular formula is C21H25BrN2O5S. The molecule has 7 nitrogen and oxygen atoms in total. The number of carbonyl (C=O) groups excluding carboxylic acids is 1. The minimum absolute atomic E-state index is 0.230. The molecule has 9 heteroatoms. The Morgan fingerprint density at radius 1 is 1.07 bits per heavy atom. The standard InChI is InChI=1S/C21H25BrN2O5S/c1-28-13-14-29-20-10-5-16(22)15-19(20)21(25)23-17-6-8-18(9-7-17)30(26,27)24-11-3-2-4-12-24/h5-10,15H,2-4,11-14H2,1H3,(H,23,25). The van der Waals surface area contributed by atoms with Crippen molar-refractivity contribution in [1.82, 2.24) is 4.31 Å². The van der Waals surface area contributed by atoms with E-state index in [0.717, 1.165) is 23.7 Å². The molecule has 1 aliphatic heterocycles. The van der Waals surface area contributed by atoms with Crippen LogP contribution in [0.1, 0.15) is 29.6 Å². The van der Waals surface area contributed by atoms with Gasteiger partial charge in [-0.15, -0.1) is 0 Å². The Bertz CT molecular complexity index is 973. The van der Waals surface area contributed by atoms with E-state index in [2.05, 4.69) is 21.2 Å². The molecule has 0 aliphatic carbocycles. The number of amides is 1. The third-order valence-electron chi connectivity index (χ3n) is 4.80. The zero-order chi connectivity index (χ0) is 21.6. The minimum atomic E-state index is -3.50. The van der Waals surface area contributed by atoms with Crippen molar-refractivity contribution >= 4 is 37.5 Å². The molecule has 0 unspecified atom stereocenters. The van der Waals surface area contributed by atoms with Crippen LogP contribution in [0, 0.1) is 0 Å². The van der Waals surface area contributed by atoms with Crippen LogP contribution in [0.4, 0.5) is 5.69 Å². The fourth-order valence-corrected chi connectivity index (χ4v) is 5.08. The number of nitrogens with zero attached hydrogens (tertiary/aromatic N) is 1. The van der Waals surface area contributed by atoms with Crippen molar-refractivity contribution in [3.05, 3.63) is 52.5 Å². The molecule has 3 rings (SSSR count). The molecule has 1 saturated heterocycles. The number of hydrogen-bond acceptors (Lipinski definition) is 5. The molecule has 1 N–H and O–H groups in total. The van der Waals surface area contributed by atoms with Crippen LogP contribution in [-0.4, -0.2) is 52.0 Å². The van der Waals surface area contributed by atoms with Crippen LogP contribution in [0.2, 0.25) is 0 Å². The fraction of sp³-hybridized carbons (Fsp3) is 0.381. The summed E-state index contributed by atoms with van der Waals surface area (Å²) in [6, 6.07) is 11.4. The molecule has 162 valence electrons. The normalized spacial score (nSPS) is 15.0. The number of sulfonamides is 1. The van der Waals surface area contributed by atoms with E-state index >= 15 is 0 Å². The van der Waals surface area contributed by atoms with Crippen LogP contribution in [0.15, 0.2) is 51.8 Å². The third kappa shape index (κ3) is 5.60. The summed E-state index contributed by atoms with van der Waals surface area (Å²) in [4.78, 5) is 13.0. The van der Waals surface area contributed by atoms with Crippen molar-refractivity contribution in [3.63, 3.8) is 0 Å². The van der Waals surface area contributed by atoms with Crippen LogP contribution >= 0.6 is 15.9 Å². The van der Waals surface area contributed by atoms with E-state index in [0.29, 0.717) is 43.3 Å². The Kier molecular flexibility index (Phi) is 7.87. The van der Waals surface area contributed by atoms with Crippen LogP contribution in [0.5, 0.6) is 5.75 Å². The van der Waals surface area contributed by atoms with Gasteiger partial charge in [0.2, 0.25) is 10.0 Å². The van der Waals surface area contributed by atoms with Crippen molar-refractivity contribution in [1.29, 1.82) is 0 Å². The van der Waals surface area contributed by atoms with Gasteiger partial charge in [0.25, 0.3) is 5.91 Å². The third-order valence-corrected chi connectivity index (χ3v) is 7.20. The minimum Gasteiger partial charge on any atom is -0.490 e. The number of methoxy groups -OCH3 is 1. The van der Waals surface area contributed by atoms with Gasteiger partial charge in [-0.25, -0.2) is 8.42 Å². The predicted molar refractivity (Wildman–Crippen MR) is 119 cm³/mol. The van der Waals surface area contributed by atoms with Gasteiger partial charge in [-0.1, -0.05) is 22.4 Å². The van der Waals surface area contributed by atoms with Gasteiger partial charge in [0, 0.05) is 30.4 Å².